The van der Waals surface area contributed by atoms with E-state index in [-0.39, 0.29) is 18.4 Å². The van der Waals surface area contributed by atoms with E-state index in [4.69, 9.17) is 9.47 Å². The second kappa shape index (κ2) is 8.43. The van der Waals surface area contributed by atoms with Gasteiger partial charge in [0.05, 0.1) is 19.9 Å². The molecule has 3 aromatic rings. The van der Waals surface area contributed by atoms with Crippen molar-refractivity contribution in [2.45, 2.75) is 19.9 Å². The Kier molecular flexibility index (Phi) is 5.69. The molecule has 1 aliphatic heterocycles. The molecule has 6 nitrogen and oxygen atoms in total. The quantitative estimate of drug-likeness (QED) is 0.591. The summed E-state index contributed by atoms with van der Waals surface area (Å²) in [5, 5.41) is 3.83. The first-order valence-electron chi connectivity index (χ1n) is 9.89. The van der Waals surface area contributed by atoms with Crippen LogP contribution in [-0.2, 0) is 9.59 Å². The van der Waals surface area contributed by atoms with Gasteiger partial charge < -0.3 is 9.47 Å². The van der Waals surface area contributed by atoms with Crippen LogP contribution in [-0.4, -0.2) is 32.6 Å². The van der Waals surface area contributed by atoms with Crippen LogP contribution in [0.4, 0.5) is 11.4 Å². The highest BCUT2D eigenvalue weighted by atomic mass is 32.1. The fourth-order valence-corrected chi connectivity index (χ4v) is 4.65. The van der Waals surface area contributed by atoms with E-state index >= 15 is 0 Å². The number of nitrogens with zero attached hydrogens (tertiary/aromatic N) is 2. The summed E-state index contributed by atoms with van der Waals surface area (Å²) in [5.74, 6) is 0.739. The fraction of sp³-hybridized carbons (Fsp3) is 0.250. The maximum Gasteiger partial charge on any atom is 0.255 e. The molecule has 0 saturated carbocycles. The molecule has 1 saturated heterocycles. The average Bonchev–Trinajstić information content (AvgIpc) is 3.29. The SMILES string of the molecule is COc1ccc(OC)c(N2CC(=O)N(c3ccc(C)cc3C)[C@@H](c3ccsc3)C2=O)c1. The highest BCUT2D eigenvalue weighted by Gasteiger charge is 2.43. The molecule has 0 radical (unpaired) electrons. The van der Waals surface area contributed by atoms with Gasteiger partial charge in [0.25, 0.3) is 5.91 Å². The van der Waals surface area contributed by atoms with Gasteiger partial charge in [-0.15, -0.1) is 0 Å². The zero-order chi connectivity index (χ0) is 22.1. The van der Waals surface area contributed by atoms with Crippen molar-refractivity contribution in [2.24, 2.45) is 0 Å². The third-order valence-corrected chi connectivity index (χ3v) is 6.17. The van der Waals surface area contributed by atoms with Crippen molar-refractivity contribution in [1.29, 1.82) is 0 Å². The number of benzene rings is 2. The van der Waals surface area contributed by atoms with Crippen LogP contribution in [0.2, 0.25) is 0 Å². The number of anilines is 2. The van der Waals surface area contributed by atoms with Crippen LogP contribution < -0.4 is 19.3 Å². The molecular formula is C24H24N2O4S. The lowest BCUT2D eigenvalue weighted by Crippen LogP contribution is -2.56. The number of carbonyl (C=O) groups excluding carboxylic acids is 2. The molecule has 31 heavy (non-hydrogen) atoms. The summed E-state index contributed by atoms with van der Waals surface area (Å²) < 4.78 is 10.8. The maximum absolute atomic E-state index is 13.8. The van der Waals surface area contributed by atoms with Crippen LogP contribution >= 0.6 is 11.3 Å². The summed E-state index contributed by atoms with van der Waals surface area (Å²) in [4.78, 5) is 30.4. The lowest BCUT2D eigenvalue weighted by atomic mass is 10.00. The third kappa shape index (κ3) is 3.77. The number of thiophene rings is 1. The van der Waals surface area contributed by atoms with E-state index in [0.717, 1.165) is 22.4 Å². The van der Waals surface area contributed by atoms with Gasteiger partial charge in [0.15, 0.2) is 0 Å². The average molecular weight is 437 g/mol. The summed E-state index contributed by atoms with van der Waals surface area (Å²) in [5.41, 5.74) is 4.11. The molecule has 160 valence electrons. The number of piperazine rings is 1. The number of aryl methyl sites for hydroxylation is 2. The van der Waals surface area contributed by atoms with Gasteiger partial charge in [0.1, 0.15) is 24.1 Å². The Labute approximate surface area is 185 Å². The first kappa shape index (κ1) is 20.9. The fourth-order valence-electron chi connectivity index (χ4n) is 3.97. The highest BCUT2D eigenvalue weighted by molar-refractivity contribution is 7.08. The predicted octanol–water partition coefficient (Wildman–Crippen LogP) is 4.50. The molecule has 0 N–H and O–H groups in total. The van der Waals surface area contributed by atoms with Crippen molar-refractivity contribution in [3.8, 4) is 11.5 Å². The summed E-state index contributed by atoms with van der Waals surface area (Å²) in [6.45, 7) is 3.88. The van der Waals surface area contributed by atoms with Gasteiger partial charge in [-0.1, -0.05) is 17.7 Å². The number of rotatable bonds is 5. The molecule has 0 bridgehead atoms. The third-order valence-electron chi connectivity index (χ3n) is 5.47. The molecule has 1 aromatic heterocycles. The van der Waals surface area contributed by atoms with E-state index in [1.165, 1.54) is 16.2 Å². The lowest BCUT2D eigenvalue weighted by molar-refractivity contribution is -0.128. The normalized spacial score (nSPS) is 16.6. The smallest absolute Gasteiger partial charge is 0.255 e. The molecule has 2 amide bonds. The first-order chi connectivity index (χ1) is 14.9. The lowest BCUT2D eigenvalue weighted by Gasteiger charge is -2.41. The molecular weight excluding hydrogens is 412 g/mol. The van der Waals surface area contributed by atoms with Crippen LogP contribution in [0.25, 0.3) is 0 Å². The second-order valence-corrected chi connectivity index (χ2v) is 8.26. The summed E-state index contributed by atoms with van der Waals surface area (Å²) >= 11 is 1.50. The van der Waals surface area contributed by atoms with Gasteiger partial charge in [-0.2, -0.15) is 11.3 Å². The number of amides is 2. The van der Waals surface area contributed by atoms with E-state index < -0.39 is 6.04 Å². The van der Waals surface area contributed by atoms with Crippen LogP contribution in [0.1, 0.15) is 22.7 Å². The van der Waals surface area contributed by atoms with Crippen LogP contribution in [0, 0.1) is 13.8 Å². The Balaban J connectivity index is 1.84. The van der Waals surface area contributed by atoms with Crippen molar-refractivity contribution in [3.05, 3.63) is 69.9 Å². The Morgan fingerprint density at radius 1 is 0.968 bits per heavy atom. The zero-order valence-corrected chi connectivity index (χ0v) is 18.7. The molecule has 0 spiro atoms. The topological polar surface area (TPSA) is 59.1 Å². The van der Waals surface area contributed by atoms with Crippen molar-refractivity contribution in [2.75, 3.05) is 30.6 Å². The van der Waals surface area contributed by atoms with Crippen LogP contribution in [0.3, 0.4) is 0 Å². The molecule has 1 fully saturated rings. The van der Waals surface area contributed by atoms with Gasteiger partial charge in [0.2, 0.25) is 5.91 Å². The monoisotopic (exact) mass is 436 g/mol. The Hall–Kier alpha value is -3.32. The minimum absolute atomic E-state index is 0.0870. The molecule has 7 heteroatoms. The van der Waals surface area contributed by atoms with Crippen molar-refractivity contribution < 1.29 is 19.1 Å². The van der Waals surface area contributed by atoms with Gasteiger partial charge in [-0.3, -0.25) is 19.4 Å². The number of ether oxygens (including phenoxy) is 2. The highest BCUT2D eigenvalue weighted by Crippen LogP contribution is 2.40. The van der Waals surface area contributed by atoms with E-state index in [2.05, 4.69) is 0 Å². The largest absolute Gasteiger partial charge is 0.497 e. The second-order valence-electron chi connectivity index (χ2n) is 7.48. The summed E-state index contributed by atoms with van der Waals surface area (Å²) in [6.07, 6.45) is 0. The molecule has 0 aliphatic carbocycles. The summed E-state index contributed by atoms with van der Waals surface area (Å²) in [6, 6.07) is 12.3. The van der Waals surface area contributed by atoms with E-state index in [9.17, 15) is 9.59 Å². The zero-order valence-electron chi connectivity index (χ0n) is 17.9. The molecule has 2 heterocycles. The number of hydrogen-bond acceptors (Lipinski definition) is 5. The number of hydrogen-bond donors (Lipinski definition) is 0. The summed E-state index contributed by atoms with van der Waals surface area (Å²) in [7, 11) is 3.10. The van der Waals surface area contributed by atoms with Crippen LogP contribution in [0.15, 0.2) is 53.2 Å². The van der Waals surface area contributed by atoms with E-state index in [1.807, 2.05) is 48.9 Å². The van der Waals surface area contributed by atoms with Crippen molar-refractivity contribution in [1.82, 2.24) is 0 Å². The minimum atomic E-state index is -0.759. The Bertz CT molecular complexity index is 1130. The van der Waals surface area contributed by atoms with Gasteiger partial charge in [-0.25, -0.2) is 0 Å². The van der Waals surface area contributed by atoms with Crippen molar-refractivity contribution in [3.63, 3.8) is 0 Å². The van der Waals surface area contributed by atoms with Crippen LogP contribution in [0.5, 0.6) is 11.5 Å². The Morgan fingerprint density at radius 2 is 1.77 bits per heavy atom. The minimum Gasteiger partial charge on any atom is -0.497 e. The predicted molar refractivity (Wildman–Crippen MR) is 122 cm³/mol. The van der Waals surface area contributed by atoms with E-state index in [1.54, 1.807) is 37.3 Å². The molecule has 2 aromatic carbocycles. The maximum atomic E-state index is 13.8. The van der Waals surface area contributed by atoms with Gasteiger partial charge in [0, 0.05) is 11.8 Å². The number of carbonyl (C=O) groups is 2. The molecule has 1 atom stereocenters. The number of methoxy groups -OCH3 is 2. The molecule has 0 unspecified atom stereocenters. The Morgan fingerprint density at radius 3 is 2.42 bits per heavy atom. The standard InChI is InChI=1S/C24H24N2O4S/c1-15-5-7-19(16(2)11-15)26-22(27)13-25(24(28)23(26)17-9-10-31-14-17)20-12-18(29-3)6-8-21(20)30-4/h5-12,14,23H,13H2,1-4H3/t23-/m0/s1. The molecule has 1 aliphatic rings. The van der Waals surface area contributed by atoms with E-state index in [0.29, 0.717) is 17.2 Å². The first-order valence-corrected chi connectivity index (χ1v) is 10.8. The van der Waals surface area contributed by atoms with Gasteiger partial charge in [-0.05, 0) is 60.0 Å². The van der Waals surface area contributed by atoms with Gasteiger partial charge >= 0.3 is 0 Å². The van der Waals surface area contributed by atoms with Crippen molar-refractivity contribution >= 4 is 34.5 Å². The molecule has 4 rings (SSSR count).